The predicted molar refractivity (Wildman–Crippen MR) is 49.1 cm³/mol. The van der Waals surface area contributed by atoms with E-state index in [0.717, 1.165) is 25.9 Å². The molecule has 2 atom stereocenters. The Morgan fingerprint density at radius 1 is 1.58 bits per heavy atom. The Labute approximate surface area is 74.9 Å². The number of hydrogen-bond donors (Lipinski definition) is 1. The van der Waals surface area contributed by atoms with E-state index in [1.165, 1.54) is 12.8 Å². The maximum absolute atomic E-state index is 10.1. The van der Waals surface area contributed by atoms with Gasteiger partial charge in [-0.2, -0.15) is 0 Å². The summed E-state index contributed by atoms with van der Waals surface area (Å²) in [6.45, 7) is 2.93. The SMILES string of the molecule is COCCCC1(O)CCCC1C. The van der Waals surface area contributed by atoms with E-state index in [2.05, 4.69) is 6.92 Å². The molecule has 0 heterocycles. The first kappa shape index (κ1) is 10.0. The van der Waals surface area contributed by atoms with Crippen molar-refractivity contribution in [1.82, 2.24) is 0 Å². The minimum absolute atomic E-state index is 0.376. The molecule has 72 valence electrons. The van der Waals surface area contributed by atoms with Gasteiger partial charge in [-0.15, -0.1) is 0 Å². The van der Waals surface area contributed by atoms with Crippen molar-refractivity contribution in [3.8, 4) is 0 Å². The maximum Gasteiger partial charge on any atom is 0.0674 e. The van der Waals surface area contributed by atoms with Crippen LogP contribution in [-0.4, -0.2) is 24.4 Å². The second-order valence-corrected chi connectivity index (χ2v) is 3.99. The molecule has 2 heteroatoms. The third kappa shape index (κ3) is 2.20. The average molecular weight is 172 g/mol. The van der Waals surface area contributed by atoms with E-state index in [0.29, 0.717) is 5.92 Å². The summed E-state index contributed by atoms with van der Waals surface area (Å²) in [5.74, 6) is 0.481. The molecule has 1 N–H and O–H groups in total. The highest BCUT2D eigenvalue weighted by Gasteiger charge is 2.37. The predicted octanol–water partition coefficient (Wildman–Crippen LogP) is 1.96. The van der Waals surface area contributed by atoms with Crippen molar-refractivity contribution < 1.29 is 9.84 Å². The average Bonchev–Trinajstić information content (AvgIpc) is 2.34. The van der Waals surface area contributed by atoms with Crippen LogP contribution in [0.2, 0.25) is 0 Å². The van der Waals surface area contributed by atoms with Crippen LogP contribution >= 0.6 is 0 Å². The van der Waals surface area contributed by atoms with Gasteiger partial charge in [-0.1, -0.05) is 13.3 Å². The van der Waals surface area contributed by atoms with Crippen LogP contribution in [0.1, 0.15) is 39.0 Å². The zero-order valence-corrected chi connectivity index (χ0v) is 8.18. The Balaban J connectivity index is 2.27. The fourth-order valence-electron chi connectivity index (χ4n) is 2.12. The number of rotatable bonds is 4. The third-order valence-corrected chi connectivity index (χ3v) is 3.12. The van der Waals surface area contributed by atoms with Gasteiger partial charge < -0.3 is 9.84 Å². The maximum atomic E-state index is 10.1. The van der Waals surface area contributed by atoms with E-state index in [1.54, 1.807) is 7.11 Å². The molecule has 0 aromatic heterocycles. The second kappa shape index (κ2) is 4.24. The largest absolute Gasteiger partial charge is 0.390 e. The molecule has 0 radical (unpaired) electrons. The molecular weight excluding hydrogens is 152 g/mol. The Bertz CT molecular complexity index is 136. The Morgan fingerprint density at radius 3 is 2.83 bits per heavy atom. The molecule has 0 bridgehead atoms. The first-order valence-corrected chi connectivity index (χ1v) is 4.90. The molecule has 1 rings (SSSR count). The highest BCUT2D eigenvalue weighted by molar-refractivity contribution is 4.89. The Hall–Kier alpha value is -0.0800. The van der Waals surface area contributed by atoms with E-state index < -0.39 is 0 Å². The van der Waals surface area contributed by atoms with Crippen LogP contribution in [0.15, 0.2) is 0 Å². The first-order valence-electron chi connectivity index (χ1n) is 4.90. The number of ether oxygens (including phenoxy) is 1. The van der Waals surface area contributed by atoms with Crippen molar-refractivity contribution in [2.75, 3.05) is 13.7 Å². The van der Waals surface area contributed by atoms with Crippen LogP contribution in [0.25, 0.3) is 0 Å². The van der Waals surface area contributed by atoms with Crippen LogP contribution in [0, 0.1) is 5.92 Å². The van der Waals surface area contributed by atoms with Crippen LogP contribution in [0.5, 0.6) is 0 Å². The van der Waals surface area contributed by atoms with Gasteiger partial charge in [0.2, 0.25) is 0 Å². The highest BCUT2D eigenvalue weighted by Crippen LogP contribution is 2.38. The van der Waals surface area contributed by atoms with Crippen molar-refractivity contribution in [1.29, 1.82) is 0 Å². The molecule has 0 aromatic carbocycles. The van der Waals surface area contributed by atoms with Gasteiger partial charge in [-0.25, -0.2) is 0 Å². The quantitative estimate of drug-likeness (QED) is 0.657. The molecular formula is C10H20O2. The molecule has 0 aliphatic heterocycles. The third-order valence-electron chi connectivity index (χ3n) is 3.12. The van der Waals surface area contributed by atoms with Crippen molar-refractivity contribution in [3.63, 3.8) is 0 Å². The van der Waals surface area contributed by atoms with E-state index in [9.17, 15) is 5.11 Å². The van der Waals surface area contributed by atoms with Gasteiger partial charge in [-0.3, -0.25) is 0 Å². The summed E-state index contributed by atoms with van der Waals surface area (Å²) in [6.07, 6.45) is 5.24. The lowest BCUT2D eigenvalue weighted by molar-refractivity contribution is -0.00592. The van der Waals surface area contributed by atoms with E-state index in [4.69, 9.17) is 4.74 Å². The number of hydrogen-bond acceptors (Lipinski definition) is 2. The molecule has 2 unspecified atom stereocenters. The van der Waals surface area contributed by atoms with Gasteiger partial charge in [0.1, 0.15) is 0 Å². The summed E-state index contributed by atoms with van der Waals surface area (Å²) < 4.78 is 4.97. The lowest BCUT2D eigenvalue weighted by atomic mass is 9.88. The minimum Gasteiger partial charge on any atom is -0.390 e. The van der Waals surface area contributed by atoms with Crippen molar-refractivity contribution in [2.45, 2.75) is 44.6 Å². The second-order valence-electron chi connectivity index (χ2n) is 3.99. The lowest BCUT2D eigenvalue weighted by Gasteiger charge is -2.27. The van der Waals surface area contributed by atoms with Gasteiger partial charge in [0.05, 0.1) is 5.60 Å². The number of methoxy groups -OCH3 is 1. The molecule has 0 saturated heterocycles. The molecule has 1 aliphatic rings. The molecule has 0 amide bonds. The summed E-state index contributed by atoms with van der Waals surface area (Å²) in [5, 5.41) is 10.1. The van der Waals surface area contributed by atoms with Crippen molar-refractivity contribution in [2.24, 2.45) is 5.92 Å². The molecule has 1 aliphatic carbocycles. The van der Waals surface area contributed by atoms with E-state index in [1.807, 2.05) is 0 Å². The monoisotopic (exact) mass is 172 g/mol. The normalized spacial score (nSPS) is 35.8. The van der Waals surface area contributed by atoms with Crippen LogP contribution < -0.4 is 0 Å². The van der Waals surface area contributed by atoms with Gasteiger partial charge >= 0.3 is 0 Å². The first-order chi connectivity index (χ1) is 5.69. The highest BCUT2D eigenvalue weighted by atomic mass is 16.5. The molecule has 2 nitrogen and oxygen atoms in total. The van der Waals surface area contributed by atoms with E-state index in [-0.39, 0.29) is 5.60 Å². The summed E-state index contributed by atoms with van der Waals surface area (Å²) in [6, 6.07) is 0. The lowest BCUT2D eigenvalue weighted by Crippen LogP contribution is -2.31. The van der Waals surface area contributed by atoms with Crippen molar-refractivity contribution >= 4 is 0 Å². The molecule has 1 saturated carbocycles. The zero-order chi connectivity index (χ0) is 9.03. The minimum atomic E-state index is -0.376. The van der Waals surface area contributed by atoms with E-state index >= 15 is 0 Å². The van der Waals surface area contributed by atoms with Crippen LogP contribution in [-0.2, 0) is 4.74 Å². The zero-order valence-electron chi connectivity index (χ0n) is 8.18. The smallest absolute Gasteiger partial charge is 0.0674 e. The fourth-order valence-corrected chi connectivity index (χ4v) is 2.12. The van der Waals surface area contributed by atoms with Gasteiger partial charge in [-0.05, 0) is 31.6 Å². The van der Waals surface area contributed by atoms with Crippen molar-refractivity contribution in [3.05, 3.63) is 0 Å². The van der Waals surface area contributed by atoms with Crippen LogP contribution in [0.3, 0.4) is 0 Å². The fraction of sp³-hybridized carbons (Fsp3) is 1.00. The molecule has 12 heavy (non-hydrogen) atoms. The topological polar surface area (TPSA) is 29.5 Å². The summed E-state index contributed by atoms with van der Waals surface area (Å²) in [5.41, 5.74) is -0.376. The molecule has 1 fully saturated rings. The van der Waals surface area contributed by atoms with Crippen LogP contribution in [0.4, 0.5) is 0 Å². The van der Waals surface area contributed by atoms with Gasteiger partial charge in [0.25, 0.3) is 0 Å². The van der Waals surface area contributed by atoms with Gasteiger partial charge in [0.15, 0.2) is 0 Å². The Kier molecular flexibility index (Phi) is 3.53. The number of aliphatic hydroxyl groups is 1. The summed E-state index contributed by atoms with van der Waals surface area (Å²) in [7, 11) is 1.71. The molecule has 0 aromatic rings. The summed E-state index contributed by atoms with van der Waals surface area (Å²) in [4.78, 5) is 0. The van der Waals surface area contributed by atoms with Gasteiger partial charge in [0, 0.05) is 13.7 Å². The standard InChI is InChI=1S/C10H20O2/c1-9-5-3-6-10(9,11)7-4-8-12-2/h9,11H,3-8H2,1-2H3. The Morgan fingerprint density at radius 2 is 2.33 bits per heavy atom. The summed E-state index contributed by atoms with van der Waals surface area (Å²) >= 11 is 0. The molecule has 0 spiro atoms.